The average molecular weight is 269 g/mol. The van der Waals surface area contributed by atoms with Crippen LogP contribution in [0, 0.1) is 0 Å². The number of nitrogens with two attached hydrogens (primary N) is 1. The van der Waals surface area contributed by atoms with Crippen LogP contribution in [-0.2, 0) is 11.2 Å². The Morgan fingerprint density at radius 1 is 1.42 bits per heavy atom. The van der Waals surface area contributed by atoms with Crippen molar-refractivity contribution in [1.82, 2.24) is 20.2 Å². The lowest BCUT2D eigenvalue weighted by Gasteiger charge is -2.38. The monoisotopic (exact) mass is 269 g/mol. The van der Waals surface area contributed by atoms with E-state index in [9.17, 15) is 0 Å². The van der Waals surface area contributed by atoms with Crippen molar-refractivity contribution in [3.05, 3.63) is 12.2 Å². The van der Waals surface area contributed by atoms with Gasteiger partial charge < -0.3 is 4.74 Å². The third-order valence-electron chi connectivity index (χ3n) is 3.96. The molecule has 1 aromatic heterocycles. The molecule has 0 bridgehead atoms. The van der Waals surface area contributed by atoms with E-state index in [1.54, 1.807) is 13.4 Å². The Morgan fingerprint density at radius 2 is 2.05 bits per heavy atom. The zero-order chi connectivity index (χ0) is 14.5. The third kappa shape index (κ3) is 3.32. The normalized spacial score (nSPS) is 14.1. The van der Waals surface area contributed by atoms with Crippen LogP contribution >= 0.6 is 0 Å². The van der Waals surface area contributed by atoms with Crippen LogP contribution in [0.1, 0.15) is 52.4 Å². The maximum absolute atomic E-state index is 5.74. The number of nitrogens with zero attached hydrogens (tertiary/aromatic N) is 3. The first-order valence-electron chi connectivity index (χ1n) is 6.94. The van der Waals surface area contributed by atoms with Gasteiger partial charge in [-0.15, -0.1) is 0 Å². The minimum absolute atomic E-state index is 0.00852. The maximum Gasteiger partial charge on any atom is 0.138 e. The Morgan fingerprint density at radius 3 is 2.47 bits per heavy atom. The minimum atomic E-state index is -0.275. The van der Waals surface area contributed by atoms with E-state index in [1.165, 1.54) is 0 Å². The second-order valence-corrected chi connectivity index (χ2v) is 5.11. The fourth-order valence-electron chi connectivity index (χ4n) is 2.60. The lowest BCUT2D eigenvalue weighted by atomic mass is 9.86. The molecule has 0 aliphatic rings. The summed E-state index contributed by atoms with van der Waals surface area (Å²) >= 11 is 0. The molecule has 1 heterocycles. The number of rotatable bonds is 8. The molecule has 0 spiro atoms. The Labute approximate surface area is 115 Å². The number of hydrazine groups is 1. The van der Waals surface area contributed by atoms with Gasteiger partial charge in [0.15, 0.2) is 0 Å². The molecule has 0 amide bonds. The van der Waals surface area contributed by atoms with Gasteiger partial charge in [-0.1, -0.05) is 13.8 Å². The predicted octanol–water partition coefficient (Wildman–Crippen LogP) is 1.44. The molecule has 1 unspecified atom stereocenters. The van der Waals surface area contributed by atoms with Crippen molar-refractivity contribution in [2.24, 2.45) is 5.84 Å². The fourth-order valence-corrected chi connectivity index (χ4v) is 2.60. The number of hydrogen-bond donors (Lipinski definition) is 2. The van der Waals surface area contributed by atoms with E-state index in [4.69, 9.17) is 10.6 Å². The van der Waals surface area contributed by atoms with Crippen molar-refractivity contribution < 1.29 is 4.74 Å². The van der Waals surface area contributed by atoms with Crippen LogP contribution in [0.15, 0.2) is 6.33 Å². The van der Waals surface area contributed by atoms with Gasteiger partial charge in [0.1, 0.15) is 12.2 Å². The first kappa shape index (κ1) is 16.1. The molecule has 1 aromatic rings. The number of aromatic nitrogens is 3. The molecule has 1 atom stereocenters. The lowest BCUT2D eigenvalue weighted by molar-refractivity contribution is -0.0479. The van der Waals surface area contributed by atoms with Crippen molar-refractivity contribution in [3.63, 3.8) is 0 Å². The van der Waals surface area contributed by atoms with Gasteiger partial charge in [-0.2, -0.15) is 5.10 Å². The van der Waals surface area contributed by atoms with E-state index >= 15 is 0 Å². The number of nitrogens with one attached hydrogen (secondary N) is 1. The largest absolute Gasteiger partial charge is 0.377 e. The molecule has 0 aliphatic carbocycles. The summed E-state index contributed by atoms with van der Waals surface area (Å²) in [7, 11) is 1.74. The van der Waals surface area contributed by atoms with E-state index in [1.807, 2.05) is 4.68 Å². The van der Waals surface area contributed by atoms with Crippen LogP contribution in [0.4, 0.5) is 0 Å². The molecule has 0 aliphatic heterocycles. The summed E-state index contributed by atoms with van der Waals surface area (Å²) in [4.78, 5) is 4.34. The van der Waals surface area contributed by atoms with Crippen molar-refractivity contribution >= 4 is 0 Å². The highest BCUT2D eigenvalue weighted by Crippen LogP contribution is 2.26. The summed E-state index contributed by atoms with van der Waals surface area (Å²) in [5, 5.41) is 4.26. The van der Waals surface area contributed by atoms with Gasteiger partial charge in [0.05, 0.1) is 11.6 Å². The predicted molar refractivity (Wildman–Crippen MR) is 75.5 cm³/mol. The molecule has 0 radical (unpaired) electrons. The van der Waals surface area contributed by atoms with Crippen LogP contribution in [0.3, 0.4) is 0 Å². The Hall–Kier alpha value is -0.980. The van der Waals surface area contributed by atoms with Gasteiger partial charge in [-0.3, -0.25) is 11.3 Å². The highest BCUT2D eigenvalue weighted by molar-refractivity contribution is 4.99. The van der Waals surface area contributed by atoms with E-state index in [0.29, 0.717) is 6.42 Å². The standard InChI is InChI=1S/C13H27N5O/c1-6-13(7-2,19-5)11(17-14)8-12-15-9-16-18(12)10(3)4/h9-11,17H,6-8,14H2,1-5H3. The SMILES string of the molecule is CCC(CC)(OC)C(Cc1ncnn1C(C)C)NN. The van der Waals surface area contributed by atoms with Gasteiger partial charge in [0.2, 0.25) is 0 Å². The summed E-state index contributed by atoms with van der Waals surface area (Å²) in [6.45, 7) is 8.41. The zero-order valence-electron chi connectivity index (χ0n) is 12.7. The molecule has 3 N–H and O–H groups in total. The van der Waals surface area contributed by atoms with Gasteiger partial charge in [0.25, 0.3) is 0 Å². The van der Waals surface area contributed by atoms with E-state index in [0.717, 1.165) is 18.7 Å². The maximum atomic E-state index is 5.74. The summed E-state index contributed by atoms with van der Waals surface area (Å²) < 4.78 is 7.67. The van der Waals surface area contributed by atoms with Gasteiger partial charge >= 0.3 is 0 Å². The molecule has 1 rings (SSSR count). The lowest BCUT2D eigenvalue weighted by Crippen LogP contribution is -2.55. The summed E-state index contributed by atoms with van der Waals surface area (Å²) in [6, 6.07) is 0.297. The fraction of sp³-hybridized carbons (Fsp3) is 0.846. The molecular formula is C13H27N5O. The van der Waals surface area contributed by atoms with Gasteiger partial charge in [-0.05, 0) is 26.7 Å². The minimum Gasteiger partial charge on any atom is -0.377 e. The molecular weight excluding hydrogens is 242 g/mol. The zero-order valence-corrected chi connectivity index (χ0v) is 12.7. The van der Waals surface area contributed by atoms with Crippen LogP contribution in [0.25, 0.3) is 0 Å². The topological polar surface area (TPSA) is 78.0 Å². The van der Waals surface area contributed by atoms with Crippen molar-refractivity contribution in [1.29, 1.82) is 0 Å². The van der Waals surface area contributed by atoms with Crippen LogP contribution in [-0.4, -0.2) is 33.5 Å². The molecule has 6 nitrogen and oxygen atoms in total. The van der Waals surface area contributed by atoms with E-state index < -0.39 is 0 Å². The molecule has 110 valence electrons. The second-order valence-electron chi connectivity index (χ2n) is 5.11. The van der Waals surface area contributed by atoms with Crippen LogP contribution < -0.4 is 11.3 Å². The van der Waals surface area contributed by atoms with E-state index in [-0.39, 0.29) is 17.7 Å². The summed E-state index contributed by atoms with van der Waals surface area (Å²) in [5.74, 6) is 6.67. The Bertz CT molecular complexity index is 365. The van der Waals surface area contributed by atoms with Crippen LogP contribution in [0.5, 0.6) is 0 Å². The van der Waals surface area contributed by atoms with Gasteiger partial charge in [0, 0.05) is 19.6 Å². The third-order valence-corrected chi connectivity index (χ3v) is 3.96. The highest BCUT2D eigenvalue weighted by atomic mass is 16.5. The van der Waals surface area contributed by atoms with Crippen molar-refractivity contribution in [3.8, 4) is 0 Å². The molecule has 0 saturated carbocycles. The van der Waals surface area contributed by atoms with Crippen molar-refractivity contribution in [2.45, 2.75) is 64.6 Å². The summed E-state index contributed by atoms with van der Waals surface area (Å²) in [6.07, 6.45) is 4.08. The molecule has 0 saturated heterocycles. The molecule has 6 heteroatoms. The number of methoxy groups -OCH3 is 1. The second kappa shape index (κ2) is 6.98. The highest BCUT2D eigenvalue weighted by Gasteiger charge is 2.36. The van der Waals surface area contributed by atoms with Crippen molar-refractivity contribution in [2.75, 3.05) is 7.11 Å². The molecule has 0 aromatic carbocycles. The summed E-state index contributed by atoms with van der Waals surface area (Å²) in [5.41, 5.74) is 2.62. The first-order valence-corrected chi connectivity index (χ1v) is 6.94. The van der Waals surface area contributed by atoms with Gasteiger partial charge in [-0.25, -0.2) is 9.67 Å². The quantitative estimate of drug-likeness (QED) is 0.551. The van der Waals surface area contributed by atoms with Crippen LogP contribution in [0.2, 0.25) is 0 Å². The Kier molecular flexibility index (Phi) is 5.90. The number of hydrogen-bond acceptors (Lipinski definition) is 5. The first-order chi connectivity index (χ1) is 9.04. The number of ether oxygens (including phenoxy) is 1. The average Bonchev–Trinajstić information content (AvgIpc) is 2.88. The smallest absolute Gasteiger partial charge is 0.138 e. The Balaban J connectivity index is 2.95. The molecule has 0 fully saturated rings. The van der Waals surface area contributed by atoms with E-state index in [2.05, 4.69) is 43.2 Å². The molecule has 19 heavy (non-hydrogen) atoms.